The second kappa shape index (κ2) is 14.3. The van der Waals surface area contributed by atoms with E-state index in [0.717, 1.165) is 50.5 Å². The van der Waals surface area contributed by atoms with Crippen molar-refractivity contribution in [1.82, 2.24) is 14.8 Å². The number of ether oxygens (including phenoxy) is 6. The van der Waals surface area contributed by atoms with Gasteiger partial charge in [-0.3, -0.25) is 9.80 Å². The number of carbonyl (C=O) groups is 6. The Kier molecular flexibility index (Phi) is 11.9. The Labute approximate surface area is 218 Å². The van der Waals surface area contributed by atoms with Crippen molar-refractivity contribution >= 4 is 36.1 Å². The van der Waals surface area contributed by atoms with E-state index in [0.29, 0.717) is 0 Å². The number of amides is 2. The molecule has 1 aromatic rings. The van der Waals surface area contributed by atoms with Gasteiger partial charge in [0, 0.05) is 12.3 Å². The second-order valence-corrected chi connectivity index (χ2v) is 7.68. The minimum Gasteiger partial charge on any atom is -0.467 e. The van der Waals surface area contributed by atoms with Gasteiger partial charge in [-0.25, -0.2) is 33.8 Å². The Hall–Kier alpha value is -4.43. The number of hydrogen-bond donors (Lipinski definition) is 0. The number of esters is 4. The summed E-state index contributed by atoms with van der Waals surface area (Å²) in [6, 6.07) is -2.64. The molecule has 0 aliphatic rings. The number of pyridine rings is 1. The molecule has 0 aliphatic heterocycles. The number of rotatable bonds is 10. The third-order valence-electron chi connectivity index (χ3n) is 5.36. The Bertz CT molecular complexity index is 925. The summed E-state index contributed by atoms with van der Waals surface area (Å²) in [5, 5.41) is 0. The van der Waals surface area contributed by atoms with Crippen LogP contribution >= 0.6 is 0 Å². The van der Waals surface area contributed by atoms with E-state index in [1.165, 1.54) is 33.8 Å². The van der Waals surface area contributed by atoms with Gasteiger partial charge in [0.15, 0.2) is 0 Å². The van der Waals surface area contributed by atoms with E-state index in [9.17, 15) is 28.8 Å². The molecular weight excluding hydrogens is 510 g/mol. The highest BCUT2D eigenvalue weighted by Crippen LogP contribution is 2.21. The lowest BCUT2D eigenvalue weighted by Gasteiger charge is -2.30. The molecule has 15 nitrogen and oxygen atoms in total. The van der Waals surface area contributed by atoms with Crippen LogP contribution in [-0.2, 0) is 38.1 Å². The molecule has 4 unspecified atom stereocenters. The van der Waals surface area contributed by atoms with Crippen LogP contribution in [0.3, 0.4) is 0 Å². The molecule has 4 atom stereocenters. The smallest absolute Gasteiger partial charge is 0.418 e. The molecule has 0 saturated heterocycles. The Balaban J connectivity index is 3.22. The maximum Gasteiger partial charge on any atom is 0.418 e. The lowest BCUT2D eigenvalue weighted by molar-refractivity contribution is -0.153. The summed E-state index contributed by atoms with van der Waals surface area (Å²) in [4.78, 5) is 79.5. The largest absolute Gasteiger partial charge is 0.467 e. The van der Waals surface area contributed by atoms with E-state index < -0.39 is 60.2 Å². The summed E-state index contributed by atoms with van der Waals surface area (Å²) in [5.41, 5.74) is 0. The van der Waals surface area contributed by atoms with E-state index >= 15 is 0 Å². The van der Waals surface area contributed by atoms with Gasteiger partial charge in [-0.15, -0.1) is 0 Å². The molecule has 15 heteroatoms. The molecule has 38 heavy (non-hydrogen) atoms. The molecule has 0 radical (unpaired) electrons. The lowest BCUT2D eigenvalue weighted by Crippen LogP contribution is -2.53. The molecule has 0 aromatic carbocycles. The normalized spacial score (nSPS) is 13.5. The molecule has 0 aliphatic carbocycles. The van der Waals surface area contributed by atoms with Crippen LogP contribution in [0.2, 0.25) is 0 Å². The minimum atomic E-state index is -1.24. The van der Waals surface area contributed by atoms with Crippen molar-refractivity contribution in [2.75, 3.05) is 28.4 Å². The zero-order chi connectivity index (χ0) is 29.2. The molecule has 210 valence electrons. The Morgan fingerprint density at radius 2 is 0.974 bits per heavy atom. The summed E-state index contributed by atoms with van der Waals surface area (Å²) in [5.74, 6) is -3.84. The summed E-state index contributed by atoms with van der Waals surface area (Å²) in [6.07, 6.45) is -1.14. The molecule has 1 aromatic heterocycles. The maximum atomic E-state index is 12.9. The van der Waals surface area contributed by atoms with Crippen LogP contribution in [0.25, 0.3) is 0 Å². The fraction of sp³-hybridized carbons (Fsp3) is 0.522. The fourth-order valence-electron chi connectivity index (χ4n) is 3.25. The summed E-state index contributed by atoms with van der Waals surface area (Å²) < 4.78 is 29.1. The van der Waals surface area contributed by atoms with E-state index in [4.69, 9.17) is 9.47 Å². The van der Waals surface area contributed by atoms with Gasteiger partial charge in [0.1, 0.15) is 29.9 Å². The SMILES string of the molecule is COC(=O)C(C)N(C(=O)Oc1ccnc(OC(=O)N(C(C)C(=O)OC)C(C)C(=O)OC)c1)C(C)C(=O)OC. The molecule has 0 bridgehead atoms. The van der Waals surface area contributed by atoms with Crippen LogP contribution in [0.1, 0.15) is 27.7 Å². The first-order chi connectivity index (χ1) is 17.8. The van der Waals surface area contributed by atoms with Crippen molar-refractivity contribution in [3.05, 3.63) is 18.3 Å². The van der Waals surface area contributed by atoms with Crippen LogP contribution in [-0.4, -0.2) is 103 Å². The highest BCUT2D eigenvalue weighted by atomic mass is 16.6. The van der Waals surface area contributed by atoms with Crippen molar-refractivity contribution in [3.63, 3.8) is 0 Å². The van der Waals surface area contributed by atoms with E-state index in [1.54, 1.807) is 0 Å². The zero-order valence-corrected chi connectivity index (χ0v) is 22.3. The summed E-state index contributed by atoms with van der Waals surface area (Å²) in [7, 11) is 4.44. The van der Waals surface area contributed by atoms with E-state index in [2.05, 4.69) is 23.9 Å². The summed E-state index contributed by atoms with van der Waals surface area (Å²) >= 11 is 0. The zero-order valence-electron chi connectivity index (χ0n) is 22.3. The van der Waals surface area contributed by atoms with Gasteiger partial charge in [0.05, 0.1) is 28.4 Å². The van der Waals surface area contributed by atoms with Gasteiger partial charge in [-0.05, 0) is 33.8 Å². The highest BCUT2D eigenvalue weighted by molar-refractivity contribution is 5.88. The molecule has 0 N–H and O–H groups in total. The van der Waals surface area contributed by atoms with Crippen molar-refractivity contribution in [3.8, 4) is 11.6 Å². The fourth-order valence-corrected chi connectivity index (χ4v) is 3.25. The first-order valence-electron chi connectivity index (χ1n) is 11.1. The summed E-state index contributed by atoms with van der Waals surface area (Å²) in [6.45, 7) is 5.28. The predicted octanol–water partition coefficient (Wildman–Crippen LogP) is 0.929. The van der Waals surface area contributed by atoms with E-state index in [1.807, 2.05) is 0 Å². The predicted molar refractivity (Wildman–Crippen MR) is 126 cm³/mol. The maximum absolute atomic E-state index is 12.9. The Morgan fingerprint density at radius 3 is 1.32 bits per heavy atom. The van der Waals surface area contributed by atoms with Crippen LogP contribution < -0.4 is 9.47 Å². The molecule has 0 saturated carbocycles. The van der Waals surface area contributed by atoms with Crippen molar-refractivity contribution in [2.24, 2.45) is 0 Å². The first-order valence-corrected chi connectivity index (χ1v) is 11.1. The molecule has 1 rings (SSSR count). The molecule has 0 spiro atoms. The Morgan fingerprint density at radius 1 is 0.632 bits per heavy atom. The van der Waals surface area contributed by atoms with Gasteiger partial charge in [-0.1, -0.05) is 0 Å². The van der Waals surface area contributed by atoms with Gasteiger partial charge < -0.3 is 28.4 Å². The van der Waals surface area contributed by atoms with Crippen LogP contribution in [0, 0.1) is 0 Å². The highest BCUT2D eigenvalue weighted by Gasteiger charge is 2.38. The lowest BCUT2D eigenvalue weighted by atomic mass is 10.2. The number of aromatic nitrogens is 1. The van der Waals surface area contributed by atoms with Crippen molar-refractivity contribution in [2.45, 2.75) is 51.9 Å². The average molecular weight is 542 g/mol. The molecule has 0 fully saturated rings. The van der Waals surface area contributed by atoms with Crippen LogP contribution in [0.5, 0.6) is 11.6 Å². The third kappa shape index (κ3) is 7.78. The minimum absolute atomic E-state index is 0.180. The first kappa shape index (κ1) is 31.6. The van der Waals surface area contributed by atoms with E-state index in [-0.39, 0.29) is 11.6 Å². The van der Waals surface area contributed by atoms with Crippen LogP contribution in [0.15, 0.2) is 18.3 Å². The molecule has 2 amide bonds. The van der Waals surface area contributed by atoms with Crippen molar-refractivity contribution < 1.29 is 57.2 Å². The van der Waals surface area contributed by atoms with Gasteiger partial charge >= 0.3 is 36.1 Å². The number of hydrogen-bond acceptors (Lipinski definition) is 13. The number of carbonyl (C=O) groups excluding carboxylic acids is 6. The molecule has 1 heterocycles. The number of methoxy groups -OCH3 is 4. The number of nitrogens with zero attached hydrogens (tertiary/aromatic N) is 3. The average Bonchev–Trinajstić information content (AvgIpc) is 2.90. The van der Waals surface area contributed by atoms with Crippen LogP contribution in [0.4, 0.5) is 9.59 Å². The van der Waals surface area contributed by atoms with Gasteiger partial charge in [-0.2, -0.15) is 0 Å². The standard InChI is InChI=1S/C23H31N3O12/c1-12(18(27)33-5)25(13(2)19(28)34-6)22(31)37-16-9-10-24-17(11-16)38-23(32)26(14(3)20(29)35-7)15(4)21(30)36-8/h9-15H,1-8H3. The third-order valence-corrected chi connectivity index (χ3v) is 5.36. The molecular formula is C23H31N3O12. The van der Waals surface area contributed by atoms with Gasteiger partial charge in [0.2, 0.25) is 5.88 Å². The topological polar surface area (TPSA) is 177 Å². The quantitative estimate of drug-likeness (QED) is 0.302. The monoisotopic (exact) mass is 541 g/mol. The van der Waals surface area contributed by atoms with Gasteiger partial charge in [0.25, 0.3) is 0 Å². The van der Waals surface area contributed by atoms with Crippen molar-refractivity contribution in [1.29, 1.82) is 0 Å². The second-order valence-electron chi connectivity index (χ2n) is 7.68.